The highest BCUT2D eigenvalue weighted by Crippen LogP contribution is 2.24. The topological polar surface area (TPSA) is 111 Å². The summed E-state index contributed by atoms with van der Waals surface area (Å²) < 4.78 is 0. The zero-order chi connectivity index (χ0) is 15.4. The minimum atomic E-state index is -0.426. The average molecular weight is 306 g/mol. The van der Waals surface area contributed by atoms with Gasteiger partial charge in [0.2, 0.25) is 11.9 Å². The molecule has 0 aliphatic rings. The Kier molecular flexibility index (Phi) is 4.53. The molecule has 0 fully saturated rings. The van der Waals surface area contributed by atoms with E-state index in [1.54, 1.807) is 17.0 Å². The monoisotopic (exact) mass is 306 g/mol. The molecule has 0 saturated carbocycles. The van der Waals surface area contributed by atoms with E-state index in [4.69, 9.17) is 5.73 Å². The maximum atomic E-state index is 10.6. The van der Waals surface area contributed by atoms with Gasteiger partial charge in [0.05, 0.1) is 10.7 Å². The van der Waals surface area contributed by atoms with Gasteiger partial charge in [-0.3, -0.25) is 10.1 Å². The summed E-state index contributed by atoms with van der Waals surface area (Å²) in [6.45, 7) is 0. The van der Waals surface area contributed by atoms with E-state index in [2.05, 4.69) is 15.0 Å². The maximum absolute atomic E-state index is 10.6. The second-order valence-corrected chi connectivity index (χ2v) is 5.39. The number of nitrogens with two attached hydrogens (primary N) is 1. The second kappa shape index (κ2) is 6.35. The van der Waals surface area contributed by atoms with Crippen LogP contribution in [0.5, 0.6) is 0 Å². The van der Waals surface area contributed by atoms with E-state index >= 15 is 0 Å². The number of benzene rings is 1. The molecule has 1 aromatic carbocycles. The molecular formula is C12H14N6O2S. The van der Waals surface area contributed by atoms with Crippen LogP contribution >= 0.6 is 11.8 Å². The quantitative estimate of drug-likeness (QED) is 0.505. The van der Waals surface area contributed by atoms with Gasteiger partial charge in [-0.1, -0.05) is 0 Å². The van der Waals surface area contributed by atoms with E-state index in [1.807, 2.05) is 14.1 Å². The number of nitro benzene ring substituents is 1. The Bertz CT molecular complexity index is 647. The van der Waals surface area contributed by atoms with E-state index in [9.17, 15) is 10.1 Å². The number of nitrogen functional groups attached to an aromatic ring is 1. The highest BCUT2D eigenvalue weighted by Gasteiger charge is 2.08. The van der Waals surface area contributed by atoms with Crippen molar-refractivity contribution in [2.45, 2.75) is 10.6 Å². The molecule has 21 heavy (non-hydrogen) atoms. The Labute approximate surface area is 125 Å². The highest BCUT2D eigenvalue weighted by molar-refractivity contribution is 7.98. The van der Waals surface area contributed by atoms with Crippen LogP contribution in [0.2, 0.25) is 0 Å². The van der Waals surface area contributed by atoms with E-state index in [0.717, 1.165) is 4.90 Å². The molecule has 1 aromatic heterocycles. The Morgan fingerprint density at radius 2 is 1.90 bits per heavy atom. The minimum absolute atomic E-state index is 0.0682. The van der Waals surface area contributed by atoms with Gasteiger partial charge in [0, 0.05) is 31.1 Å². The van der Waals surface area contributed by atoms with Crippen molar-refractivity contribution in [3.63, 3.8) is 0 Å². The number of nitrogens with zero attached hydrogens (tertiary/aromatic N) is 5. The molecular weight excluding hydrogens is 292 g/mol. The molecule has 110 valence electrons. The fourth-order valence-electron chi connectivity index (χ4n) is 1.50. The lowest BCUT2D eigenvalue weighted by Gasteiger charge is -2.11. The third kappa shape index (κ3) is 4.02. The number of nitro groups is 1. The number of thioether (sulfide) groups is 1. The summed E-state index contributed by atoms with van der Waals surface area (Å²) in [6, 6.07) is 6.32. The molecule has 2 rings (SSSR count). The summed E-state index contributed by atoms with van der Waals surface area (Å²) in [5.41, 5.74) is 5.71. The molecule has 0 aliphatic carbocycles. The van der Waals surface area contributed by atoms with Gasteiger partial charge in [0.25, 0.3) is 5.69 Å². The first-order chi connectivity index (χ1) is 9.95. The molecule has 0 radical (unpaired) electrons. The predicted molar refractivity (Wildman–Crippen MR) is 81.2 cm³/mol. The third-order valence-corrected chi connectivity index (χ3v) is 3.51. The highest BCUT2D eigenvalue weighted by atomic mass is 32.2. The molecule has 0 spiro atoms. The standard InChI is InChI=1S/C12H14N6O2S/c1-17(2)12-15-10(14-11(13)16-12)7-21-9-5-3-8(4-6-9)18(19)20/h3-6H,7H2,1-2H3,(H2,13,14,15,16). The lowest BCUT2D eigenvalue weighted by Crippen LogP contribution is -2.15. The summed E-state index contributed by atoms with van der Waals surface area (Å²) in [7, 11) is 3.64. The number of hydrogen-bond acceptors (Lipinski definition) is 8. The molecule has 0 aliphatic heterocycles. The number of aromatic nitrogens is 3. The molecule has 9 heteroatoms. The van der Waals surface area contributed by atoms with Gasteiger partial charge < -0.3 is 10.6 Å². The first-order valence-corrected chi connectivity index (χ1v) is 6.99. The number of non-ortho nitro benzene ring substituents is 1. The number of anilines is 2. The van der Waals surface area contributed by atoms with Gasteiger partial charge >= 0.3 is 0 Å². The van der Waals surface area contributed by atoms with Crippen LogP contribution < -0.4 is 10.6 Å². The number of hydrogen-bond donors (Lipinski definition) is 1. The molecule has 0 amide bonds. The Morgan fingerprint density at radius 1 is 1.24 bits per heavy atom. The summed E-state index contributed by atoms with van der Waals surface area (Å²) in [4.78, 5) is 25.2. The molecule has 1 heterocycles. The van der Waals surface area contributed by atoms with Crippen molar-refractivity contribution >= 4 is 29.3 Å². The van der Waals surface area contributed by atoms with Crippen LogP contribution in [0.4, 0.5) is 17.6 Å². The number of rotatable bonds is 5. The smallest absolute Gasteiger partial charge is 0.269 e. The lowest BCUT2D eigenvalue weighted by molar-refractivity contribution is -0.384. The van der Waals surface area contributed by atoms with Crippen LogP contribution in [-0.2, 0) is 5.75 Å². The van der Waals surface area contributed by atoms with Crippen LogP contribution in [0.15, 0.2) is 29.2 Å². The SMILES string of the molecule is CN(C)c1nc(N)nc(CSc2ccc([N+](=O)[O-])cc2)n1. The van der Waals surface area contributed by atoms with E-state index in [0.29, 0.717) is 17.5 Å². The first kappa shape index (κ1) is 15.0. The summed E-state index contributed by atoms with van der Waals surface area (Å²) in [6.07, 6.45) is 0. The zero-order valence-corrected chi connectivity index (χ0v) is 12.4. The molecule has 2 aromatic rings. The molecule has 0 atom stereocenters. The normalized spacial score (nSPS) is 10.4. The van der Waals surface area contributed by atoms with Crippen molar-refractivity contribution in [1.29, 1.82) is 0 Å². The summed E-state index contributed by atoms with van der Waals surface area (Å²) in [5.74, 6) is 1.75. The summed E-state index contributed by atoms with van der Waals surface area (Å²) >= 11 is 1.47. The van der Waals surface area contributed by atoms with Crippen LogP contribution in [0.1, 0.15) is 5.82 Å². The van der Waals surface area contributed by atoms with E-state index in [1.165, 1.54) is 23.9 Å². The van der Waals surface area contributed by atoms with Crippen LogP contribution in [0.25, 0.3) is 0 Å². The fourth-order valence-corrected chi connectivity index (χ4v) is 2.26. The van der Waals surface area contributed by atoms with Gasteiger partial charge in [-0.15, -0.1) is 11.8 Å². The zero-order valence-electron chi connectivity index (χ0n) is 11.6. The Hall–Kier alpha value is -2.42. The third-order valence-electron chi connectivity index (χ3n) is 2.50. The second-order valence-electron chi connectivity index (χ2n) is 4.34. The van der Waals surface area contributed by atoms with Gasteiger partial charge in [0.1, 0.15) is 5.82 Å². The van der Waals surface area contributed by atoms with Gasteiger partial charge in [-0.05, 0) is 12.1 Å². The van der Waals surface area contributed by atoms with E-state index in [-0.39, 0.29) is 11.6 Å². The van der Waals surface area contributed by atoms with Crippen molar-refractivity contribution in [2.24, 2.45) is 0 Å². The molecule has 8 nitrogen and oxygen atoms in total. The average Bonchev–Trinajstić information content (AvgIpc) is 2.45. The van der Waals surface area contributed by atoms with Crippen molar-refractivity contribution in [1.82, 2.24) is 15.0 Å². The Morgan fingerprint density at radius 3 is 2.48 bits per heavy atom. The van der Waals surface area contributed by atoms with Gasteiger partial charge in [-0.25, -0.2) is 0 Å². The molecule has 0 saturated heterocycles. The van der Waals surface area contributed by atoms with Gasteiger partial charge in [-0.2, -0.15) is 15.0 Å². The molecule has 0 bridgehead atoms. The summed E-state index contributed by atoms with van der Waals surface area (Å²) in [5, 5.41) is 10.6. The van der Waals surface area contributed by atoms with Crippen molar-refractivity contribution < 1.29 is 4.92 Å². The van der Waals surface area contributed by atoms with Crippen LogP contribution in [0.3, 0.4) is 0 Å². The maximum Gasteiger partial charge on any atom is 0.269 e. The van der Waals surface area contributed by atoms with E-state index < -0.39 is 4.92 Å². The minimum Gasteiger partial charge on any atom is -0.368 e. The van der Waals surface area contributed by atoms with Gasteiger partial charge in [0.15, 0.2) is 0 Å². The molecule has 2 N–H and O–H groups in total. The fraction of sp³-hybridized carbons (Fsp3) is 0.250. The van der Waals surface area contributed by atoms with Crippen LogP contribution in [-0.4, -0.2) is 34.0 Å². The van der Waals surface area contributed by atoms with Crippen molar-refractivity contribution in [3.8, 4) is 0 Å². The Balaban J connectivity index is 2.07. The lowest BCUT2D eigenvalue weighted by atomic mass is 10.3. The largest absolute Gasteiger partial charge is 0.368 e. The van der Waals surface area contributed by atoms with Crippen molar-refractivity contribution in [3.05, 3.63) is 40.2 Å². The first-order valence-electron chi connectivity index (χ1n) is 6.00. The predicted octanol–water partition coefficient (Wildman–Crippen LogP) is 1.72. The molecule has 0 unspecified atom stereocenters. The van der Waals surface area contributed by atoms with Crippen molar-refractivity contribution in [2.75, 3.05) is 24.7 Å². The van der Waals surface area contributed by atoms with Crippen LogP contribution in [0, 0.1) is 10.1 Å².